The Morgan fingerprint density at radius 1 is 1.04 bits per heavy atom. The lowest BCUT2D eigenvalue weighted by molar-refractivity contribution is -0.136. The molecule has 27 heavy (non-hydrogen) atoms. The molecule has 2 N–H and O–H groups in total. The number of nitrogens with one attached hydrogen (secondary N) is 1. The highest BCUT2D eigenvalue weighted by molar-refractivity contribution is 6.32. The van der Waals surface area contributed by atoms with Gasteiger partial charge >= 0.3 is 5.97 Å². The van der Waals surface area contributed by atoms with Crippen molar-refractivity contribution in [3.05, 3.63) is 76.4 Å². The third kappa shape index (κ3) is 5.05. The largest absolute Gasteiger partial charge is 0.481 e. The minimum Gasteiger partial charge on any atom is -0.481 e. The van der Waals surface area contributed by atoms with Crippen LogP contribution >= 0.6 is 11.6 Å². The lowest BCUT2D eigenvalue weighted by atomic mass is 10.1. The molecule has 1 amide bonds. The molecule has 0 saturated carbocycles. The number of aryl methyl sites for hydroxylation is 1. The van der Waals surface area contributed by atoms with E-state index in [-0.39, 0.29) is 12.3 Å². The Balaban J connectivity index is 1.59. The van der Waals surface area contributed by atoms with Crippen LogP contribution in [0.2, 0.25) is 5.02 Å². The zero-order valence-electron chi connectivity index (χ0n) is 14.6. The molecular weight excluding hydrogens is 364 g/mol. The summed E-state index contributed by atoms with van der Waals surface area (Å²) >= 11 is 6.11. The fourth-order valence-electron chi connectivity index (χ4n) is 2.87. The van der Waals surface area contributed by atoms with Crippen molar-refractivity contribution in [1.29, 1.82) is 0 Å². The highest BCUT2D eigenvalue weighted by Crippen LogP contribution is 2.22. The molecule has 0 fully saturated rings. The minimum absolute atomic E-state index is 0.122. The van der Waals surface area contributed by atoms with Crippen molar-refractivity contribution in [2.45, 2.75) is 19.3 Å². The number of carbonyl (C=O) groups is 2. The number of pyridine rings is 1. The van der Waals surface area contributed by atoms with Crippen LogP contribution in [-0.2, 0) is 17.6 Å². The molecular formula is C21H19ClN2O3. The molecule has 6 heteroatoms. The summed E-state index contributed by atoms with van der Waals surface area (Å²) in [7, 11) is 0. The molecule has 3 aromatic rings. The van der Waals surface area contributed by atoms with Crippen molar-refractivity contribution in [3.8, 4) is 0 Å². The summed E-state index contributed by atoms with van der Waals surface area (Å²) in [6, 6.07) is 14.9. The van der Waals surface area contributed by atoms with Gasteiger partial charge in [0.15, 0.2) is 0 Å². The van der Waals surface area contributed by atoms with E-state index in [4.69, 9.17) is 16.7 Å². The fraction of sp³-hybridized carbons (Fsp3) is 0.190. The molecule has 1 heterocycles. The van der Waals surface area contributed by atoms with Crippen LogP contribution in [-0.4, -0.2) is 28.5 Å². The molecule has 1 aromatic heterocycles. The number of carboxylic acids is 1. The summed E-state index contributed by atoms with van der Waals surface area (Å²) in [4.78, 5) is 27.4. The molecule has 5 nitrogen and oxygen atoms in total. The quantitative estimate of drug-likeness (QED) is 0.650. The molecule has 2 aromatic carbocycles. The summed E-state index contributed by atoms with van der Waals surface area (Å²) in [6.07, 6.45) is 2.97. The Labute approximate surface area is 162 Å². The van der Waals surface area contributed by atoms with Gasteiger partial charge in [0.25, 0.3) is 5.91 Å². The molecule has 138 valence electrons. The van der Waals surface area contributed by atoms with Gasteiger partial charge in [0, 0.05) is 29.6 Å². The van der Waals surface area contributed by atoms with Gasteiger partial charge in [-0.2, -0.15) is 0 Å². The van der Waals surface area contributed by atoms with Gasteiger partial charge in [0.1, 0.15) is 0 Å². The number of hydrogen-bond acceptors (Lipinski definition) is 3. The van der Waals surface area contributed by atoms with Gasteiger partial charge in [0.2, 0.25) is 0 Å². The summed E-state index contributed by atoms with van der Waals surface area (Å²) < 4.78 is 0. The average molecular weight is 383 g/mol. The zero-order chi connectivity index (χ0) is 19.2. The van der Waals surface area contributed by atoms with E-state index < -0.39 is 5.97 Å². The number of rotatable bonds is 7. The van der Waals surface area contributed by atoms with Crippen LogP contribution in [0.3, 0.4) is 0 Å². The molecule has 0 spiro atoms. The van der Waals surface area contributed by atoms with Crippen LogP contribution in [0.1, 0.15) is 27.9 Å². The van der Waals surface area contributed by atoms with Crippen molar-refractivity contribution >= 4 is 34.4 Å². The Morgan fingerprint density at radius 2 is 1.74 bits per heavy atom. The Bertz CT molecular complexity index is 971. The number of amides is 1. The monoisotopic (exact) mass is 382 g/mol. The molecule has 0 aliphatic carbocycles. The second kappa shape index (κ2) is 8.64. The predicted molar refractivity (Wildman–Crippen MR) is 105 cm³/mol. The highest BCUT2D eigenvalue weighted by atomic mass is 35.5. The van der Waals surface area contributed by atoms with Gasteiger partial charge in [-0.15, -0.1) is 0 Å². The number of aromatic nitrogens is 1. The lowest BCUT2D eigenvalue weighted by Crippen LogP contribution is -2.26. The lowest BCUT2D eigenvalue weighted by Gasteiger charge is -2.09. The smallest absolute Gasteiger partial charge is 0.303 e. The molecule has 0 saturated heterocycles. The van der Waals surface area contributed by atoms with Crippen LogP contribution in [0.5, 0.6) is 0 Å². The average Bonchev–Trinajstić information content (AvgIpc) is 2.66. The van der Waals surface area contributed by atoms with Crippen molar-refractivity contribution in [3.63, 3.8) is 0 Å². The minimum atomic E-state index is -0.801. The Kier molecular flexibility index (Phi) is 6.04. The Morgan fingerprint density at radius 3 is 2.44 bits per heavy atom. The SMILES string of the molecule is O=C(O)CCc1ccc(CCNC(=O)c2cc(Cl)cc3cccnc23)cc1. The molecule has 0 radical (unpaired) electrons. The standard InChI is InChI=1S/C21H19ClN2O3/c22-17-12-16-2-1-10-23-20(16)18(13-17)21(27)24-11-9-15-5-3-14(4-6-15)7-8-19(25)26/h1-6,10,12-13H,7-9,11H2,(H,24,27)(H,25,26). The normalized spacial score (nSPS) is 10.7. The number of hydrogen-bond donors (Lipinski definition) is 2. The van der Waals surface area contributed by atoms with Gasteiger partial charge in [0.05, 0.1) is 11.1 Å². The molecule has 0 bridgehead atoms. The first-order chi connectivity index (χ1) is 13.0. The predicted octanol–water partition coefficient (Wildman–Crippen LogP) is 3.88. The van der Waals surface area contributed by atoms with Crippen molar-refractivity contribution in [2.75, 3.05) is 6.54 Å². The van der Waals surface area contributed by atoms with E-state index >= 15 is 0 Å². The number of halogens is 1. The van der Waals surface area contributed by atoms with E-state index in [1.807, 2.05) is 30.3 Å². The summed E-state index contributed by atoms with van der Waals surface area (Å²) in [5.74, 6) is -1.01. The van der Waals surface area contributed by atoms with E-state index in [1.54, 1.807) is 24.4 Å². The van der Waals surface area contributed by atoms with Gasteiger partial charge in [-0.1, -0.05) is 41.9 Å². The van der Waals surface area contributed by atoms with Crippen LogP contribution in [0.15, 0.2) is 54.7 Å². The van der Waals surface area contributed by atoms with Gasteiger partial charge in [-0.05, 0) is 42.2 Å². The van der Waals surface area contributed by atoms with Gasteiger partial charge in [-0.3, -0.25) is 14.6 Å². The van der Waals surface area contributed by atoms with E-state index in [9.17, 15) is 9.59 Å². The Hall–Kier alpha value is -2.92. The summed E-state index contributed by atoms with van der Waals surface area (Å²) in [5, 5.41) is 13.0. The number of aliphatic carboxylic acids is 1. The second-order valence-electron chi connectivity index (χ2n) is 6.24. The topological polar surface area (TPSA) is 79.3 Å². The van der Waals surface area contributed by atoms with Crippen LogP contribution in [0.4, 0.5) is 0 Å². The molecule has 0 aliphatic rings. The number of carboxylic acid groups (broad SMARTS) is 1. The first kappa shape index (κ1) is 18.9. The third-order valence-corrected chi connectivity index (χ3v) is 4.48. The maximum atomic E-state index is 12.5. The summed E-state index contributed by atoms with van der Waals surface area (Å²) in [5.41, 5.74) is 3.15. The molecule has 0 unspecified atom stereocenters. The highest BCUT2D eigenvalue weighted by Gasteiger charge is 2.12. The number of fused-ring (bicyclic) bond motifs is 1. The first-order valence-corrected chi connectivity index (χ1v) is 9.03. The van der Waals surface area contributed by atoms with Gasteiger partial charge in [-0.25, -0.2) is 0 Å². The maximum Gasteiger partial charge on any atom is 0.303 e. The van der Waals surface area contributed by atoms with Gasteiger partial charge < -0.3 is 10.4 Å². The third-order valence-electron chi connectivity index (χ3n) is 4.26. The van der Waals surface area contributed by atoms with Crippen LogP contribution in [0, 0.1) is 0 Å². The van der Waals surface area contributed by atoms with Crippen LogP contribution in [0.25, 0.3) is 10.9 Å². The van der Waals surface area contributed by atoms with E-state index in [1.165, 1.54) is 0 Å². The molecule has 0 aliphatic heterocycles. The van der Waals surface area contributed by atoms with E-state index in [0.717, 1.165) is 16.5 Å². The number of nitrogens with zero attached hydrogens (tertiary/aromatic N) is 1. The number of carbonyl (C=O) groups excluding carboxylic acids is 1. The van der Waals surface area contributed by atoms with E-state index in [0.29, 0.717) is 35.5 Å². The second-order valence-corrected chi connectivity index (χ2v) is 6.68. The van der Waals surface area contributed by atoms with Crippen molar-refractivity contribution in [1.82, 2.24) is 10.3 Å². The van der Waals surface area contributed by atoms with Crippen molar-refractivity contribution < 1.29 is 14.7 Å². The molecule has 3 rings (SSSR count). The fourth-order valence-corrected chi connectivity index (χ4v) is 3.09. The van der Waals surface area contributed by atoms with Crippen molar-refractivity contribution in [2.24, 2.45) is 0 Å². The molecule has 0 atom stereocenters. The maximum absolute atomic E-state index is 12.5. The van der Waals surface area contributed by atoms with E-state index in [2.05, 4.69) is 10.3 Å². The van der Waals surface area contributed by atoms with Crippen LogP contribution < -0.4 is 5.32 Å². The number of benzene rings is 2. The first-order valence-electron chi connectivity index (χ1n) is 8.65. The zero-order valence-corrected chi connectivity index (χ0v) is 15.4. The summed E-state index contributed by atoms with van der Waals surface area (Å²) in [6.45, 7) is 0.480.